The molecule has 0 bridgehead atoms. The fourth-order valence-corrected chi connectivity index (χ4v) is 4.08. The van der Waals surface area contributed by atoms with Gasteiger partial charge in [0.05, 0.1) is 35.2 Å². The first kappa shape index (κ1) is 15.6. The molecule has 0 aliphatic carbocycles. The number of halogens is 8. The van der Waals surface area contributed by atoms with E-state index in [4.69, 9.17) is 81.2 Å². The van der Waals surface area contributed by atoms with Gasteiger partial charge in [-0.3, -0.25) is 0 Å². The van der Waals surface area contributed by atoms with Gasteiger partial charge in [0.2, 0.25) is 0 Å². The monoisotopic (exact) mass is 444 g/mol. The summed E-state index contributed by atoms with van der Waals surface area (Å²) < 4.78 is 0.457. The fourth-order valence-electron chi connectivity index (χ4n) is 1.46. The van der Waals surface area contributed by atoms with Gasteiger partial charge in [0.15, 0.2) is 0 Å². The molecule has 2 aromatic carbocycles. The quantitative estimate of drug-likeness (QED) is 0.282. The van der Waals surface area contributed by atoms with Gasteiger partial charge in [0.25, 0.3) is 0 Å². The molecule has 0 unspecified atom stereocenters. The Labute approximate surface area is 146 Å². The Morgan fingerprint density at radius 1 is 0.444 bits per heavy atom. The highest BCUT2D eigenvalue weighted by atomic mass is 79.9. The molecule has 0 atom stereocenters. The lowest BCUT2D eigenvalue weighted by molar-refractivity contribution is 1.69. The molecule has 8 heteroatoms. The Bertz CT molecular complexity index is 567. The lowest BCUT2D eigenvalue weighted by Crippen LogP contribution is -1.87. The van der Waals surface area contributed by atoms with Gasteiger partial charge < -0.3 is 0 Å². The van der Waals surface area contributed by atoms with Crippen molar-refractivity contribution in [2.75, 3.05) is 0 Å². The predicted molar refractivity (Wildman–Crippen MR) is 86.7 cm³/mol. The molecular weight excluding hydrogens is 448 g/mol. The predicted octanol–water partition coefficient (Wildman–Crippen LogP) is 8.18. The largest absolute Gasteiger partial charge is 0.0819 e. The van der Waals surface area contributed by atoms with Crippen LogP contribution in [0.2, 0.25) is 35.2 Å². The Kier molecular flexibility index (Phi) is 4.80. The van der Waals surface area contributed by atoms with Crippen molar-refractivity contribution < 1.29 is 0 Å². The zero-order valence-electron chi connectivity index (χ0n) is 8.02. The van der Waals surface area contributed by atoms with E-state index in [-0.39, 0.29) is 35.2 Å². The summed E-state index contributed by atoms with van der Waals surface area (Å²) in [6.45, 7) is 0. The second-order valence-electron chi connectivity index (χ2n) is 3.26. The average molecular weight is 448 g/mol. The maximum atomic E-state index is 6.14. The minimum Gasteiger partial charge on any atom is -0.0819 e. The molecule has 0 spiro atoms. The van der Waals surface area contributed by atoms with E-state index in [1.54, 1.807) is 0 Å². The highest BCUT2D eigenvalue weighted by Crippen LogP contribution is 2.52. The van der Waals surface area contributed by atoms with E-state index in [1.807, 2.05) is 0 Å². The number of rotatable bonds is 0. The third kappa shape index (κ3) is 2.21. The molecule has 0 nitrogen and oxygen atoms in total. The van der Waals surface area contributed by atoms with Gasteiger partial charge in [-0.2, -0.15) is 0 Å². The van der Waals surface area contributed by atoms with Crippen molar-refractivity contribution in [3.05, 3.63) is 39.6 Å². The molecule has 0 heterocycles. The minimum atomic E-state index is 0.114. The van der Waals surface area contributed by atoms with Crippen LogP contribution in [0.4, 0.5) is 0 Å². The first-order valence-electron chi connectivity index (χ1n) is 4.26. The fraction of sp³-hybridized carbons (Fsp3) is 0. The van der Waals surface area contributed by atoms with Crippen LogP contribution in [0.25, 0.3) is 10.8 Å². The molecule has 0 saturated heterocycles. The van der Waals surface area contributed by atoms with Crippen LogP contribution in [0.5, 0.6) is 0 Å². The average Bonchev–Trinajstić information content (AvgIpc) is 2.35. The van der Waals surface area contributed by atoms with Crippen LogP contribution in [0.3, 0.4) is 0 Å². The summed E-state index contributed by atoms with van der Waals surface area (Å²) in [4.78, 5) is 0. The Morgan fingerprint density at radius 2 is 0.778 bits per heavy atom. The van der Waals surface area contributed by atoms with Crippen molar-refractivity contribution in [3.63, 3.8) is 0 Å². The molecule has 0 N–H and O–H groups in total. The summed E-state index contributed by atoms with van der Waals surface area (Å²) in [5, 5.41) is 2.05. The maximum absolute atomic E-state index is 6.14. The first-order chi connectivity index (χ1) is 8.29. The van der Waals surface area contributed by atoms with Crippen molar-refractivity contribution >= 4 is 108 Å². The van der Waals surface area contributed by atoms with Gasteiger partial charge in [0, 0.05) is 15.2 Å². The second-order valence-corrected chi connectivity index (χ2v) is 6.70. The lowest BCUT2D eigenvalue weighted by atomic mass is 10.1. The Morgan fingerprint density at radius 3 is 1.22 bits per heavy atom. The molecule has 0 radical (unpaired) electrons. The summed E-state index contributed by atoms with van der Waals surface area (Å²) in [6.07, 6.45) is 0. The van der Waals surface area contributed by atoms with Gasteiger partial charge >= 0.3 is 0 Å². The van der Waals surface area contributed by atoms with Gasteiger partial charge in [-0.25, -0.2) is 0 Å². The van der Waals surface area contributed by atoms with Crippen LogP contribution < -0.4 is 0 Å². The summed E-state index contributed by atoms with van der Waals surface area (Å²) in [6, 6.07) is 0. The van der Waals surface area contributed by atoms with E-state index in [0.717, 1.165) is 0 Å². The van der Waals surface area contributed by atoms with Gasteiger partial charge in [-0.1, -0.05) is 81.2 Å². The maximum Gasteiger partial charge on any atom is 0.0800 e. The number of benzene rings is 2. The van der Waals surface area contributed by atoms with E-state index in [2.05, 4.69) is 15.9 Å². The Balaban J connectivity index is 3.22. The molecule has 0 aromatic heterocycles. The van der Waals surface area contributed by atoms with Crippen LogP contribution in [0, 0.1) is 0 Å². The lowest BCUT2D eigenvalue weighted by Gasteiger charge is -2.14. The van der Waals surface area contributed by atoms with Crippen molar-refractivity contribution in [3.8, 4) is 0 Å². The summed E-state index contributed by atoms with van der Waals surface area (Å²) in [5.74, 6) is 0. The zero-order chi connectivity index (χ0) is 13.8. The zero-order valence-corrected chi connectivity index (χ0v) is 14.9. The SMILES string of the molecule is Clc1c(Cl)c(Cl)c2c(Br)c(Cl)c(Cl)c(Cl)c2c1Cl. The summed E-state index contributed by atoms with van der Waals surface area (Å²) >= 11 is 45.7. The van der Waals surface area contributed by atoms with Crippen LogP contribution in [-0.4, -0.2) is 0 Å². The van der Waals surface area contributed by atoms with Gasteiger partial charge in [0.1, 0.15) is 0 Å². The van der Waals surface area contributed by atoms with E-state index in [9.17, 15) is 0 Å². The highest BCUT2D eigenvalue weighted by molar-refractivity contribution is 9.10. The van der Waals surface area contributed by atoms with Gasteiger partial charge in [-0.15, -0.1) is 0 Å². The van der Waals surface area contributed by atoms with Crippen molar-refractivity contribution in [1.82, 2.24) is 0 Å². The first-order valence-corrected chi connectivity index (χ1v) is 7.70. The molecule has 18 heavy (non-hydrogen) atoms. The third-order valence-electron chi connectivity index (χ3n) is 2.28. The molecule has 0 saturated carbocycles. The number of fused-ring (bicyclic) bond motifs is 1. The molecule has 0 amide bonds. The van der Waals surface area contributed by atoms with Crippen molar-refractivity contribution in [1.29, 1.82) is 0 Å². The smallest absolute Gasteiger partial charge is 0.0800 e. The standard InChI is InChI=1S/C10BrCl7/c11-3-1-2(5(13)8(16)7(3)15)6(14)10(18)9(17)4(1)12. The topological polar surface area (TPSA) is 0 Å². The van der Waals surface area contributed by atoms with Crippen LogP contribution >= 0.6 is 97.1 Å². The molecule has 96 valence electrons. The number of hydrogen-bond acceptors (Lipinski definition) is 0. The molecule has 0 aliphatic rings. The molecule has 0 aliphatic heterocycles. The minimum absolute atomic E-state index is 0.114. The highest BCUT2D eigenvalue weighted by Gasteiger charge is 2.23. The van der Waals surface area contributed by atoms with Gasteiger partial charge in [-0.05, 0) is 15.9 Å². The number of hydrogen-bond donors (Lipinski definition) is 0. The third-order valence-corrected chi connectivity index (χ3v) is 6.43. The summed E-state index contributed by atoms with van der Waals surface area (Å²) in [7, 11) is 0. The molecule has 2 rings (SSSR count). The molecular formula is C10BrCl7. The van der Waals surface area contributed by atoms with E-state index in [1.165, 1.54) is 0 Å². The van der Waals surface area contributed by atoms with E-state index < -0.39 is 0 Å². The molecule has 0 fully saturated rings. The van der Waals surface area contributed by atoms with Crippen LogP contribution in [-0.2, 0) is 0 Å². The van der Waals surface area contributed by atoms with Crippen LogP contribution in [0.1, 0.15) is 0 Å². The van der Waals surface area contributed by atoms with E-state index >= 15 is 0 Å². The normalized spacial score (nSPS) is 11.3. The van der Waals surface area contributed by atoms with Crippen LogP contribution in [0.15, 0.2) is 4.47 Å². The molecule has 2 aromatic rings. The Hall–Kier alpha value is 1.21. The second kappa shape index (κ2) is 5.54. The van der Waals surface area contributed by atoms with Crippen molar-refractivity contribution in [2.45, 2.75) is 0 Å². The summed E-state index contributed by atoms with van der Waals surface area (Å²) in [5.41, 5.74) is 0. The van der Waals surface area contributed by atoms with E-state index in [0.29, 0.717) is 15.2 Å². The van der Waals surface area contributed by atoms with Crippen molar-refractivity contribution in [2.24, 2.45) is 0 Å².